The Labute approximate surface area is 137 Å². The fourth-order valence-corrected chi connectivity index (χ4v) is 5.52. The fraction of sp³-hybridized carbons (Fsp3) is 0.429. The summed E-state index contributed by atoms with van der Waals surface area (Å²) >= 11 is 0. The van der Waals surface area contributed by atoms with Crippen LogP contribution in [0.25, 0.3) is 0 Å². The zero-order valence-electron chi connectivity index (χ0n) is 14.1. The lowest BCUT2D eigenvalue weighted by molar-refractivity contribution is 0.776. The molecule has 118 valence electrons. The van der Waals surface area contributed by atoms with E-state index in [1.54, 1.807) is 10.9 Å². The van der Waals surface area contributed by atoms with Gasteiger partial charge in [-0.05, 0) is 49.5 Å². The lowest BCUT2D eigenvalue weighted by Crippen LogP contribution is -2.18. The van der Waals surface area contributed by atoms with Gasteiger partial charge in [0.25, 0.3) is 0 Å². The van der Waals surface area contributed by atoms with Gasteiger partial charge in [0.2, 0.25) is 0 Å². The average Bonchev–Trinajstić information content (AvgIpc) is 2.58. The molecule has 0 amide bonds. The number of unbranched alkanes of at least 4 members (excludes halogenated alkanes) is 3. The quantitative estimate of drug-likeness (QED) is 0.414. The molecule has 0 nitrogen and oxygen atoms in total. The third kappa shape index (κ3) is 4.96. The van der Waals surface area contributed by atoms with Crippen LogP contribution in [0.15, 0.2) is 54.6 Å². The molecule has 0 radical (unpaired) electrons. The van der Waals surface area contributed by atoms with Crippen LogP contribution in [0.5, 0.6) is 0 Å². The molecule has 22 heavy (non-hydrogen) atoms. The third-order valence-electron chi connectivity index (χ3n) is 4.14. The molecule has 2 rings (SSSR count). The molecule has 1 atom stereocenters. The highest BCUT2D eigenvalue weighted by molar-refractivity contribution is 7.73. The van der Waals surface area contributed by atoms with E-state index in [4.69, 9.17) is 0 Å². The van der Waals surface area contributed by atoms with Crippen LogP contribution in [0.3, 0.4) is 0 Å². The Balaban J connectivity index is 2.28. The number of aryl methyl sites for hydroxylation is 1. The Kier molecular flexibility index (Phi) is 7.67. The zero-order chi connectivity index (χ0) is 15.6. The molecule has 0 aliphatic carbocycles. The highest BCUT2D eigenvalue weighted by Crippen LogP contribution is 2.36. The summed E-state index contributed by atoms with van der Waals surface area (Å²) in [5, 5.41) is 3.16. The van der Waals surface area contributed by atoms with Crippen LogP contribution in [0, 0.1) is 0 Å². The third-order valence-corrected chi connectivity index (χ3v) is 6.84. The van der Waals surface area contributed by atoms with Gasteiger partial charge in [0, 0.05) is 0 Å². The van der Waals surface area contributed by atoms with Crippen LogP contribution in [-0.2, 0) is 6.42 Å². The normalized spacial score (nSPS) is 12.3. The van der Waals surface area contributed by atoms with Crippen LogP contribution >= 0.6 is 7.92 Å². The SMILES string of the molecule is CCCCCP(c1ccccc1)c1ccccc1CCCC. The van der Waals surface area contributed by atoms with Gasteiger partial charge in [0.15, 0.2) is 0 Å². The largest absolute Gasteiger partial charge is 0.0654 e. The van der Waals surface area contributed by atoms with E-state index >= 15 is 0 Å². The first kappa shape index (κ1) is 17.2. The van der Waals surface area contributed by atoms with Crippen LogP contribution < -0.4 is 10.6 Å². The monoisotopic (exact) mass is 312 g/mol. The second-order valence-electron chi connectivity index (χ2n) is 5.93. The predicted octanol–water partition coefficient (Wildman–Crippen LogP) is 5.65. The lowest BCUT2D eigenvalue weighted by Gasteiger charge is -2.22. The number of rotatable bonds is 9. The van der Waals surface area contributed by atoms with E-state index in [2.05, 4.69) is 68.4 Å². The lowest BCUT2D eigenvalue weighted by atomic mass is 10.1. The summed E-state index contributed by atoms with van der Waals surface area (Å²) in [6.07, 6.45) is 9.12. The standard InChI is InChI=1S/C21H29P/c1-3-5-12-18-22(20-15-8-7-9-16-20)21-17-11-10-14-19(21)13-6-4-2/h7-11,14-17H,3-6,12-13,18H2,1-2H3. The van der Waals surface area contributed by atoms with Crippen molar-refractivity contribution < 1.29 is 0 Å². The predicted molar refractivity (Wildman–Crippen MR) is 102 cm³/mol. The highest BCUT2D eigenvalue weighted by atomic mass is 31.1. The van der Waals surface area contributed by atoms with E-state index < -0.39 is 0 Å². The average molecular weight is 312 g/mol. The van der Waals surface area contributed by atoms with Gasteiger partial charge in [0.1, 0.15) is 0 Å². The Morgan fingerprint density at radius 2 is 1.41 bits per heavy atom. The Hall–Kier alpha value is -1.13. The molecular weight excluding hydrogens is 283 g/mol. The first-order chi connectivity index (χ1) is 10.9. The number of hydrogen-bond donors (Lipinski definition) is 0. The van der Waals surface area contributed by atoms with E-state index in [1.165, 1.54) is 50.0 Å². The van der Waals surface area contributed by atoms with Gasteiger partial charge in [0.05, 0.1) is 0 Å². The maximum absolute atomic E-state index is 2.38. The van der Waals surface area contributed by atoms with E-state index in [-0.39, 0.29) is 7.92 Å². The molecule has 0 heterocycles. The number of benzene rings is 2. The van der Waals surface area contributed by atoms with E-state index in [9.17, 15) is 0 Å². The van der Waals surface area contributed by atoms with Crippen LogP contribution in [-0.4, -0.2) is 6.16 Å². The van der Waals surface area contributed by atoms with Crippen molar-refractivity contribution >= 4 is 18.5 Å². The van der Waals surface area contributed by atoms with Crippen molar-refractivity contribution in [3.63, 3.8) is 0 Å². The maximum atomic E-state index is 2.38. The first-order valence-electron chi connectivity index (χ1n) is 8.77. The van der Waals surface area contributed by atoms with Gasteiger partial charge in [-0.2, -0.15) is 0 Å². The Morgan fingerprint density at radius 1 is 0.727 bits per heavy atom. The highest BCUT2D eigenvalue weighted by Gasteiger charge is 2.16. The summed E-state index contributed by atoms with van der Waals surface area (Å²) in [4.78, 5) is 0. The molecule has 0 aromatic heterocycles. The second-order valence-corrected chi connectivity index (χ2v) is 8.23. The van der Waals surface area contributed by atoms with Gasteiger partial charge < -0.3 is 0 Å². The van der Waals surface area contributed by atoms with E-state index in [0.717, 1.165) is 0 Å². The van der Waals surface area contributed by atoms with Crippen LogP contribution in [0.1, 0.15) is 51.5 Å². The molecule has 0 saturated carbocycles. The Morgan fingerprint density at radius 3 is 2.14 bits per heavy atom. The molecular formula is C21H29P. The van der Waals surface area contributed by atoms with Crippen LogP contribution in [0.4, 0.5) is 0 Å². The van der Waals surface area contributed by atoms with Crippen molar-refractivity contribution in [2.75, 3.05) is 6.16 Å². The minimum atomic E-state index is -0.200. The summed E-state index contributed by atoms with van der Waals surface area (Å²) in [6.45, 7) is 4.57. The van der Waals surface area contributed by atoms with Crippen molar-refractivity contribution in [1.29, 1.82) is 0 Å². The van der Waals surface area contributed by atoms with Gasteiger partial charge in [-0.25, -0.2) is 0 Å². The van der Waals surface area contributed by atoms with Crippen molar-refractivity contribution in [2.45, 2.75) is 52.4 Å². The van der Waals surface area contributed by atoms with Gasteiger partial charge in [-0.3, -0.25) is 0 Å². The molecule has 2 aromatic carbocycles. The van der Waals surface area contributed by atoms with Crippen molar-refractivity contribution in [1.82, 2.24) is 0 Å². The first-order valence-corrected chi connectivity index (χ1v) is 10.3. The van der Waals surface area contributed by atoms with E-state index in [0.29, 0.717) is 0 Å². The van der Waals surface area contributed by atoms with Crippen LogP contribution in [0.2, 0.25) is 0 Å². The second kappa shape index (κ2) is 9.80. The summed E-state index contributed by atoms with van der Waals surface area (Å²) in [5.41, 5.74) is 1.58. The molecule has 0 spiro atoms. The molecule has 1 heteroatoms. The zero-order valence-corrected chi connectivity index (χ0v) is 15.0. The van der Waals surface area contributed by atoms with Gasteiger partial charge in [-0.1, -0.05) is 87.7 Å². The smallest absolute Gasteiger partial charge is 0.0163 e. The summed E-state index contributed by atoms with van der Waals surface area (Å²) in [5.74, 6) is 0. The molecule has 0 aliphatic heterocycles. The molecule has 2 aromatic rings. The molecule has 0 fully saturated rings. The summed E-state index contributed by atoms with van der Waals surface area (Å²) in [7, 11) is -0.200. The summed E-state index contributed by atoms with van der Waals surface area (Å²) in [6, 6.07) is 20.3. The molecule has 0 aliphatic rings. The minimum Gasteiger partial charge on any atom is -0.0654 e. The van der Waals surface area contributed by atoms with Crippen molar-refractivity contribution in [3.05, 3.63) is 60.2 Å². The molecule has 0 saturated heterocycles. The van der Waals surface area contributed by atoms with Crippen molar-refractivity contribution in [2.24, 2.45) is 0 Å². The molecule has 0 N–H and O–H groups in total. The van der Waals surface area contributed by atoms with Crippen molar-refractivity contribution in [3.8, 4) is 0 Å². The molecule has 1 unspecified atom stereocenters. The summed E-state index contributed by atoms with van der Waals surface area (Å²) < 4.78 is 0. The minimum absolute atomic E-state index is 0.200. The van der Waals surface area contributed by atoms with Gasteiger partial charge in [-0.15, -0.1) is 0 Å². The topological polar surface area (TPSA) is 0 Å². The van der Waals surface area contributed by atoms with Gasteiger partial charge >= 0.3 is 0 Å². The molecule has 0 bridgehead atoms. The Bertz CT molecular complexity index is 533. The maximum Gasteiger partial charge on any atom is -0.0163 e. The fourth-order valence-electron chi connectivity index (χ4n) is 2.87. The number of hydrogen-bond acceptors (Lipinski definition) is 0. The van der Waals surface area contributed by atoms with E-state index in [1.807, 2.05) is 0 Å².